The monoisotopic (exact) mass is 782 g/mol. The number of unbranched alkanes of at least 4 members (excludes halogenated alkanes) is 3. The van der Waals surface area contributed by atoms with Crippen LogP contribution >= 0.6 is 0 Å². The smallest absolute Gasteiger partial charge is 0.407 e. The number of primary amides is 2. The molecule has 0 aromatic heterocycles. The lowest BCUT2D eigenvalue weighted by Gasteiger charge is -2.23. The van der Waals surface area contributed by atoms with E-state index < -0.39 is 78.8 Å². The predicted octanol–water partition coefficient (Wildman–Crippen LogP) is -1.64. The zero-order chi connectivity index (χ0) is 40.6. The van der Waals surface area contributed by atoms with E-state index in [1.54, 1.807) is 0 Å². The Morgan fingerprint density at radius 1 is 0.582 bits per heavy atom. The van der Waals surface area contributed by atoms with Crippen molar-refractivity contribution in [3.05, 3.63) is 0 Å². The van der Waals surface area contributed by atoms with Gasteiger partial charge < -0.3 is 63.1 Å². The van der Waals surface area contributed by atoms with E-state index in [1.165, 1.54) is 7.11 Å². The highest BCUT2D eigenvalue weighted by Gasteiger charge is 2.28. The second-order valence-electron chi connectivity index (χ2n) is 13.9. The van der Waals surface area contributed by atoms with Crippen LogP contribution in [0.3, 0.4) is 0 Å². The molecule has 2 saturated carbocycles. The van der Waals surface area contributed by atoms with E-state index >= 15 is 0 Å². The number of nitrogens with one attached hydrogen (secondary N) is 7. The van der Waals surface area contributed by atoms with Gasteiger partial charge in [0.2, 0.25) is 35.4 Å². The molecule has 0 bridgehead atoms. The minimum absolute atomic E-state index is 0.146. The number of nitrogens with two attached hydrogens (primary N) is 2. The van der Waals surface area contributed by atoms with Crippen LogP contribution in [0.25, 0.3) is 0 Å². The summed E-state index contributed by atoms with van der Waals surface area (Å²) in [7, 11) is 2.40. The molecule has 55 heavy (non-hydrogen) atoms. The Morgan fingerprint density at radius 2 is 1.02 bits per heavy atom. The third kappa shape index (κ3) is 21.7. The summed E-state index contributed by atoms with van der Waals surface area (Å²) in [5, 5.41) is 19.5. The molecule has 0 saturated heterocycles. The van der Waals surface area contributed by atoms with Gasteiger partial charge in [0.05, 0.1) is 26.3 Å². The second-order valence-corrected chi connectivity index (χ2v) is 13.9. The van der Waals surface area contributed by atoms with Gasteiger partial charge >= 0.3 is 12.2 Å². The maximum absolute atomic E-state index is 13.3. The number of carbonyl (C=O) groups excluding carboxylic acids is 8. The Bertz CT molecular complexity index is 1220. The third-order valence-corrected chi connectivity index (χ3v) is 9.03. The number of carbonyl (C=O) groups is 8. The van der Waals surface area contributed by atoms with Crippen molar-refractivity contribution < 1.29 is 47.8 Å². The van der Waals surface area contributed by atoms with E-state index in [0.717, 1.165) is 37.7 Å². The summed E-state index contributed by atoms with van der Waals surface area (Å²) < 4.78 is 9.14. The van der Waals surface area contributed by atoms with E-state index in [2.05, 4.69) is 46.7 Å². The van der Waals surface area contributed by atoms with Crippen LogP contribution in [-0.2, 0) is 38.2 Å². The number of hydrogen-bond acceptors (Lipinski definition) is 12. The third-order valence-electron chi connectivity index (χ3n) is 9.03. The number of ether oxygens (including phenoxy) is 2. The number of amides is 8. The largest absolute Gasteiger partial charge is 0.453 e. The zero-order valence-corrected chi connectivity index (χ0v) is 32.2. The van der Waals surface area contributed by atoms with Crippen LogP contribution in [-0.4, -0.2) is 136 Å². The van der Waals surface area contributed by atoms with Crippen LogP contribution in [0.1, 0.15) is 89.9 Å². The number of alkyl carbamates (subject to hydrolysis) is 2. The van der Waals surface area contributed by atoms with Crippen molar-refractivity contribution in [2.45, 2.75) is 120 Å². The molecule has 0 aromatic rings. The van der Waals surface area contributed by atoms with Crippen LogP contribution in [0, 0.1) is 0 Å². The van der Waals surface area contributed by atoms with Crippen LogP contribution < -0.4 is 48.7 Å². The first-order chi connectivity index (χ1) is 26.3. The highest BCUT2D eigenvalue weighted by atomic mass is 16.5. The molecule has 312 valence electrons. The first-order valence-electron chi connectivity index (χ1n) is 19.2. The molecule has 2 fully saturated rings. The van der Waals surface area contributed by atoms with Gasteiger partial charge in [0, 0.05) is 44.7 Å². The quantitative estimate of drug-likeness (QED) is 0.0371. The molecule has 20 heteroatoms. The summed E-state index contributed by atoms with van der Waals surface area (Å²) in [6.45, 7) is -0.0990. The molecule has 8 amide bonds. The predicted molar refractivity (Wildman–Crippen MR) is 200 cm³/mol. The lowest BCUT2D eigenvalue weighted by molar-refractivity contribution is -0.139. The molecule has 0 heterocycles. The van der Waals surface area contributed by atoms with E-state index in [9.17, 15) is 38.4 Å². The van der Waals surface area contributed by atoms with Gasteiger partial charge in [-0.1, -0.05) is 0 Å². The van der Waals surface area contributed by atoms with Gasteiger partial charge in [-0.2, -0.15) is 0 Å². The maximum Gasteiger partial charge on any atom is 0.407 e. The first-order valence-corrected chi connectivity index (χ1v) is 19.2. The Hall–Kier alpha value is -4.72. The first kappa shape index (κ1) is 46.4. The molecule has 0 spiro atoms. The summed E-state index contributed by atoms with van der Waals surface area (Å²) >= 11 is 0. The molecule has 2 rings (SSSR count). The molecule has 11 N–H and O–H groups in total. The summed E-state index contributed by atoms with van der Waals surface area (Å²) in [6, 6.07) is -1.21. The standard InChI is InChI=1S/C35H62N10O10/c1-54-34(52)41-19-8-5-11-27(44-35(53)55-2)33(51)40-20-16-30(48)45(21-28(46)38-17-6-3-9-25(31(36)49)42-23-12-13-23)22-29(47)39-18-7-4-10-26(32(37)50)43-24-14-15-24/h23-27,42-43H,3-22H2,1-2H3,(H2,36,49)(H2,37,50)(H,38,46)(H,39,47)(H,40,51)(H,41,52)(H,44,53). The SMILES string of the molecule is COC(=O)NCCCCC(NC(=O)OC)C(=O)NCCC(=O)N(CC(=O)NCCCCC(NC1CC1)C(N)=O)CC(=O)NCCCCC(NC1CC1)C(N)=O. The molecular weight excluding hydrogens is 720 g/mol. The average Bonchev–Trinajstić information content (AvgIpc) is 4.09. The molecule has 2 aliphatic rings. The fraction of sp³-hybridized carbons (Fsp3) is 0.771. The Labute approximate surface area is 322 Å². The van der Waals surface area contributed by atoms with E-state index in [1.807, 2.05) is 0 Å². The van der Waals surface area contributed by atoms with Gasteiger partial charge in [-0.05, 0) is 83.5 Å². The Balaban J connectivity index is 1.88. The Morgan fingerprint density at radius 3 is 1.44 bits per heavy atom. The second kappa shape index (κ2) is 26.1. The van der Waals surface area contributed by atoms with Crippen molar-refractivity contribution in [3.63, 3.8) is 0 Å². The van der Waals surface area contributed by atoms with Crippen LogP contribution in [0.4, 0.5) is 9.59 Å². The number of hydrogen-bond donors (Lipinski definition) is 9. The van der Waals surface area contributed by atoms with Crippen molar-refractivity contribution in [1.82, 2.24) is 42.1 Å². The summed E-state index contributed by atoms with van der Waals surface area (Å²) in [5.41, 5.74) is 11.0. The van der Waals surface area contributed by atoms with E-state index in [4.69, 9.17) is 11.5 Å². The van der Waals surface area contributed by atoms with Crippen LogP contribution in [0.5, 0.6) is 0 Å². The highest BCUT2D eigenvalue weighted by molar-refractivity contribution is 5.90. The van der Waals surface area contributed by atoms with Crippen LogP contribution in [0.15, 0.2) is 0 Å². The van der Waals surface area contributed by atoms with Gasteiger partial charge in [0.1, 0.15) is 19.1 Å². The zero-order valence-electron chi connectivity index (χ0n) is 32.2. The molecule has 3 unspecified atom stereocenters. The molecule has 20 nitrogen and oxygen atoms in total. The number of methoxy groups -OCH3 is 2. The van der Waals surface area contributed by atoms with Crippen molar-refractivity contribution in [1.29, 1.82) is 0 Å². The lowest BCUT2D eigenvalue weighted by atomic mass is 10.1. The van der Waals surface area contributed by atoms with Crippen molar-refractivity contribution in [2.75, 3.05) is 53.5 Å². The van der Waals surface area contributed by atoms with Crippen molar-refractivity contribution in [2.24, 2.45) is 11.5 Å². The minimum atomic E-state index is -0.987. The molecule has 0 aromatic carbocycles. The van der Waals surface area contributed by atoms with Gasteiger partial charge in [0.15, 0.2) is 0 Å². The molecule has 3 atom stereocenters. The lowest BCUT2D eigenvalue weighted by Crippen LogP contribution is -2.49. The fourth-order valence-electron chi connectivity index (χ4n) is 5.56. The molecule has 0 aliphatic heterocycles. The van der Waals surface area contributed by atoms with Gasteiger partial charge in [-0.15, -0.1) is 0 Å². The van der Waals surface area contributed by atoms with E-state index in [0.29, 0.717) is 70.0 Å². The van der Waals surface area contributed by atoms with Gasteiger partial charge in [0.25, 0.3) is 0 Å². The van der Waals surface area contributed by atoms with Crippen molar-refractivity contribution >= 4 is 47.6 Å². The maximum atomic E-state index is 13.3. The van der Waals surface area contributed by atoms with E-state index in [-0.39, 0.29) is 32.5 Å². The molecule has 2 aliphatic carbocycles. The summed E-state index contributed by atoms with van der Waals surface area (Å²) in [4.78, 5) is 99.7. The normalized spacial score (nSPS) is 15.0. The van der Waals surface area contributed by atoms with Gasteiger partial charge in [-0.25, -0.2) is 9.59 Å². The molecule has 0 radical (unpaired) electrons. The number of nitrogens with zero attached hydrogens (tertiary/aromatic N) is 1. The Kier molecular flexibility index (Phi) is 22.1. The fourth-order valence-corrected chi connectivity index (χ4v) is 5.56. The average molecular weight is 783 g/mol. The number of rotatable bonds is 30. The van der Waals surface area contributed by atoms with Crippen LogP contribution in [0.2, 0.25) is 0 Å². The minimum Gasteiger partial charge on any atom is -0.453 e. The van der Waals surface area contributed by atoms with Crippen molar-refractivity contribution in [3.8, 4) is 0 Å². The summed E-state index contributed by atoms with van der Waals surface area (Å²) in [5.74, 6) is -2.95. The summed E-state index contributed by atoms with van der Waals surface area (Å²) in [6.07, 6.45) is 7.02. The van der Waals surface area contributed by atoms with Gasteiger partial charge in [-0.3, -0.25) is 28.8 Å². The molecular formula is C35H62N10O10. The topological polar surface area (TPSA) is 295 Å². The highest BCUT2D eigenvalue weighted by Crippen LogP contribution is 2.21.